The van der Waals surface area contributed by atoms with E-state index in [2.05, 4.69) is 5.32 Å². The molecule has 0 atom stereocenters. The fraction of sp³-hybridized carbons (Fsp3) is 0.192. The molecular formula is C26H25IN3O4+. The second-order valence-electron chi connectivity index (χ2n) is 8.37. The average Bonchev–Trinajstić information content (AvgIpc) is 2.81. The Hall–Kier alpha value is -3.40. The van der Waals surface area contributed by atoms with Gasteiger partial charge in [-0.15, -0.1) is 0 Å². The Kier molecular flexibility index (Phi) is 6.60. The quantitative estimate of drug-likeness (QED) is 0.161. The number of rotatable bonds is 5. The molecule has 1 aliphatic carbocycles. The van der Waals surface area contributed by atoms with Gasteiger partial charge in [0, 0.05) is 54.1 Å². The van der Waals surface area contributed by atoms with Crippen LogP contribution in [0.3, 0.4) is 0 Å². The molecule has 7 nitrogen and oxygen atoms in total. The average molecular weight is 570 g/mol. The molecule has 4 rings (SSSR count). The van der Waals surface area contributed by atoms with E-state index in [9.17, 15) is 14.7 Å². The van der Waals surface area contributed by atoms with Crippen LogP contribution in [-0.2, 0) is 4.79 Å². The Bertz CT molecular complexity index is 1470. The number of carboxylic acids is 1. The van der Waals surface area contributed by atoms with E-state index in [4.69, 9.17) is 4.42 Å². The van der Waals surface area contributed by atoms with Gasteiger partial charge in [0.15, 0.2) is 0 Å². The van der Waals surface area contributed by atoms with E-state index in [0.29, 0.717) is 27.0 Å². The van der Waals surface area contributed by atoms with Gasteiger partial charge in [0.1, 0.15) is 25.4 Å². The maximum absolute atomic E-state index is 12.2. The van der Waals surface area contributed by atoms with Crippen LogP contribution >= 0.6 is 22.6 Å². The van der Waals surface area contributed by atoms with Gasteiger partial charge in [-0.1, -0.05) is 22.6 Å². The molecule has 1 heterocycles. The SMILES string of the molecule is CN(C)c1ccc2c(-c3cc(NC(=O)CI)ccc3C(=O)O)c3ccc(=[N+](C)C)cc-3oc2c1. The molecule has 8 heteroatoms. The summed E-state index contributed by atoms with van der Waals surface area (Å²) >= 11 is 1.99. The number of hydrogen-bond donors (Lipinski definition) is 2. The molecule has 2 aromatic rings. The van der Waals surface area contributed by atoms with E-state index in [-0.39, 0.29) is 11.5 Å². The van der Waals surface area contributed by atoms with Gasteiger partial charge in [-0.05, 0) is 42.0 Å². The van der Waals surface area contributed by atoms with Crippen molar-refractivity contribution in [2.75, 3.05) is 42.8 Å². The number of alkyl halides is 1. The molecule has 0 saturated carbocycles. The van der Waals surface area contributed by atoms with Crippen molar-refractivity contribution in [1.29, 1.82) is 0 Å². The van der Waals surface area contributed by atoms with Crippen molar-refractivity contribution >= 4 is 56.8 Å². The number of hydrogen-bond acceptors (Lipinski definition) is 4. The van der Waals surface area contributed by atoms with Crippen LogP contribution in [0.1, 0.15) is 10.4 Å². The highest BCUT2D eigenvalue weighted by Crippen LogP contribution is 2.42. The maximum atomic E-state index is 12.2. The number of nitrogens with one attached hydrogen (secondary N) is 1. The van der Waals surface area contributed by atoms with Crippen LogP contribution in [0.25, 0.3) is 33.4 Å². The normalized spacial score (nSPS) is 11.0. The van der Waals surface area contributed by atoms with E-state index in [1.807, 2.05) is 96.7 Å². The van der Waals surface area contributed by atoms with E-state index < -0.39 is 5.97 Å². The molecule has 0 spiro atoms. The summed E-state index contributed by atoms with van der Waals surface area (Å²) in [5.41, 5.74) is 4.34. The van der Waals surface area contributed by atoms with Crippen molar-refractivity contribution in [3.05, 3.63) is 65.5 Å². The molecule has 1 aliphatic heterocycles. The largest absolute Gasteiger partial charge is 0.478 e. The summed E-state index contributed by atoms with van der Waals surface area (Å²) in [7, 11) is 7.81. The van der Waals surface area contributed by atoms with Crippen molar-refractivity contribution < 1.29 is 19.1 Å². The highest BCUT2D eigenvalue weighted by Gasteiger charge is 2.23. The van der Waals surface area contributed by atoms with Crippen molar-refractivity contribution in [3.63, 3.8) is 0 Å². The number of aromatic carboxylic acids is 1. The molecule has 2 aromatic carbocycles. The maximum Gasteiger partial charge on any atom is 0.336 e. The Labute approximate surface area is 210 Å². The molecule has 0 saturated heterocycles. The van der Waals surface area contributed by atoms with Crippen LogP contribution in [0, 0.1) is 0 Å². The van der Waals surface area contributed by atoms with Gasteiger partial charge in [0.2, 0.25) is 11.3 Å². The smallest absolute Gasteiger partial charge is 0.336 e. The standard InChI is InChI=1S/C26H24IN3O4/c1-29(2)16-6-9-19-22(12-16)34-23-13-17(30(3)4)7-10-20(23)25(19)21-11-15(28-24(31)14-27)5-8-18(21)26(32)33/h5-13H,14H2,1-4H3,(H-,28,31,32,33)/p+1. The van der Waals surface area contributed by atoms with Gasteiger partial charge in [-0.3, -0.25) is 4.79 Å². The Morgan fingerprint density at radius 3 is 2.44 bits per heavy atom. The minimum Gasteiger partial charge on any atom is -0.478 e. The molecule has 0 aromatic heterocycles. The molecule has 34 heavy (non-hydrogen) atoms. The zero-order chi connectivity index (χ0) is 24.6. The molecular weight excluding hydrogens is 545 g/mol. The van der Waals surface area contributed by atoms with Crippen LogP contribution in [0.2, 0.25) is 0 Å². The molecule has 2 aliphatic rings. The summed E-state index contributed by atoms with van der Waals surface area (Å²) in [6, 6.07) is 16.6. The zero-order valence-electron chi connectivity index (χ0n) is 19.3. The first-order valence-corrected chi connectivity index (χ1v) is 12.1. The zero-order valence-corrected chi connectivity index (χ0v) is 21.5. The number of halogens is 1. The Morgan fingerprint density at radius 1 is 1.03 bits per heavy atom. The van der Waals surface area contributed by atoms with Gasteiger partial charge in [-0.2, -0.15) is 0 Å². The molecule has 0 bridgehead atoms. The van der Waals surface area contributed by atoms with Crippen LogP contribution < -0.4 is 20.1 Å². The minimum atomic E-state index is -1.04. The van der Waals surface area contributed by atoms with Gasteiger partial charge in [0.25, 0.3) is 0 Å². The van der Waals surface area contributed by atoms with E-state index in [1.54, 1.807) is 12.1 Å². The lowest BCUT2D eigenvalue weighted by molar-refractivity contribution is -0.113. The molecule has 2 N–H and O–H groups in total. The molecule has 0 radical (unpaired) electrons. The first-order valence-electron chi connectivity index (χ1n) is 10.6. The number of amides is 1. The number of carboxylic acid groups (broad SMARTS) is 1. The lowest BCUT2D eigenvalue weighted by atomic mass is 9.90. The van der Waals surface area contributed by atoms with E-state index in [1.165, 1.54) is 6.07 Å². The first-order chi connectivity index (χ1) is 16.2. The van der Waals surface area contributed by atoms with Crippen LogP contribution in [0.5, 0.6) is 0 Å². The Balaban J connectivity index is 2.13. The van der Waals surface area contributed by atoms with Gasteiger partial charge >= 0.3 is 5.97 Å². The Morgan fingerprint density at radius 2 is 1.79 bits per heavy atom. The summed E-state index contributed by atoms with van der Waals surface area (Å²) in [5.74, 6) is -0.556. The van der Waals surface area contributed by atoms with Crippen molar-refractivity contribution in [1.82, 2.24) is 4.58 Å². The predicted octanol–water partition coefficient (Wildman–Crippen LogP) is 4.37. The number of carbonyl (C=O) groups excluding carboxylic acids is 1. The fourth-order valence-electron chi connectivity index (χ4n) is 3.92. The number of fused-ring (bicyclic) bond motifs is 2. The molecule has 1 amide bonds. The van der Waals surface area contributed by atoms with Crippen LogP contribution in [0.15, 0.2) is 59.0 Å². The third kappa shape index (κ3) is 4.50. The second-order valence-corrected chi connectivity index (χ2v) is 9.14. The van der Waals surface area contributed by atoms with Gasteiger partial charge in [-0.25, -0.2) is 9.37 Å². The second kappa shape index (κ2) is 9.46. The first kappa shape index (κ1) is 23.7. The van der Waals surface area contributed by atoms with Crippen molar-refractivity contribution in [2.45, 2.75) is 0 Å². The highest BCUT2D eigenvalue weighted by atomic mass is 127. The fourth-order valence-corrected chi connectivity index (χ4v) is 4.11. The number of nitrogens with zero attached hydrogens (tertiary/aromatic N) is 2. The molecule has 0 fully saturated rings. The monoisotopic (exact) mass is 570 g/mol. The number of benzene rings is 3. The van der Waals surface area contributed by atoms with E-state index >= 15 is 0 Å². The van der Waals surface area contributed by atoms with Gasteiger partial charge in [0.05, 0.1) is 16.1 Å². The summed E-state index contributed by atoms with van der Waals surface area (Å²) in [5, 5.41) is 14.6. The van der Waals surface area contributed by atoms with Crippen LogP contribution in [-0.4, -0.2) is 49.6 Å². The number of anilines is 2. The summed E-state index contributed by atoms with van der Waals surface area (Å²) in [6.45, 7) is 0. The summed E-state index contributed by atoms with van der Waals surface area (Å²) in [4.78, 5) is 26.2. The van der Waals surface area contributed by atoms with Crippen molar-refractivity contribution in [2.24, 2.45) is 0 Å². The topological polar surface area (TPSA) is 85.8 Å². The third-order valence-corrected chi connectivity index (χ3v) is 6.34. The third-order valence-electron chi connectivity index (χ3n) is 5.65. The van der Waals surface area contributed by atoms with Gasteiger partial charge < -0.3 is 19.7 Å². The summed E-state index contributed by atoms with van der Waals surface area (Å²) < 4.78 is 8.61. The van der Waals surface area contributed by atoms with E-state index in [0.717, 1.165) is 27.6 Å². The molecule has 174 valence electrons. The predicted molar refractivity (Wildman–Crippen MR) is 144 cm³/mol. The lowest BCUT2D eigenvalue weighted by Gasteiger charge is -2.19. The lowest BCUT2D eigenvalue weighted by Crippen LogP contribution is -2.21. The van der Waals surface area contributed by atoms with Crippen molar-refractivity contribution in [3.8, 4) is 22.5 Å². The molecule has 0 unspecified atom stereocenters. The summed E-state index contributed by atoms with van der Waals surface area (Å²) in [6.07, 6.45) is 0. The minimum absolute atomic E-state index is 0.148. The van der Waals surface area contributed by atoms with Crippen LogP contribution in [0.4, 0.5) is 11.4 Å². The number of carbonyl (C=O) groups is 2. The highest BCUT2D eigenvalue weighted by molar-refractivity contribution is 14.1.